The van der Waals surface area contributed by atoms with Crippen molar-refractivity contribution >= 4 is 22.9 Å². The minimum atomic E-state index is -0.475. The Morgan fingerprint density at radius 1 is 1.28 bits per heavy atom. The lowest BCUT2D eigenvalue weighted by atomic mass is 10.1. The van der Waals surface area contributed by atoms with Gasteiger partial charge in [0, 0.05) is 15.4 Å². The number of hydrogen-bond acceptors (Lipinski definition) is 3. The van der Waals surface area contributed by atoms with Gasteiger partial charge in [0.05, 0.1) is 0 Å². The molecule has 0 aliphatic rings. The molecular formula is C14H16N2OS. The van der Waals surface area contributed by atoms with E-state index >= 15 is 0 Å². The molecule has 3 N–H and O–H groups in total. The van der Waals surface area contributed by atoms with Gasteiger partial charge in [0.15, 0.2) is 0 Å². The Balaban J connectivity index is 2.30. The van der Waals surface area contributed by atoms with Crippen LogP contribution in [0.15, 0.2) is 36.4 Å². The molecule has 0 bridgehead atoms. The van der Waals surface area contributed by atoms with Crippen LogP contribution in [0.3, 0.4) is 0 Å². The van der Waals surface area contributed by atoms with E-state index < -0.39 is 6.04 Å². The average Bonchev–Trinajstić information content (AvgIpc) is 2.66. The maximum atomic E-state index is 11.6. The van der Waals surface area contributed by atoms with Crippen molar-refractivity contribution in [2.24, 2.45) is 5.73 Å². The quantitative estimate of drug-likeness (QED) is 0.888. The van der Waals surface area contributed by atoms with Gasteiger partial charge in [-0.25, -0.2) is 0 Å². The fourth-order valence-corrected chi connectivity index (χ4v) is 2.90. The maximum Gasteiger partial charge on any atom is 0.244 e. The Bertz CT molecular complexity index is 548. The number of anilines is 1. The number of amides is 1. The monoisotopic (exact) mass is 260 g/mol. The first kappa shape index (κ1) is 12.6. The Morgan fingerprint density at radius 3 is 2.44 bits per heavy atom. The zero-order valence-corrected chi connectivity index (χ0v) is 11.3. The van der Waals surface area contributed by atoms with Gasteiger partial charge in [-0.1, -0.05) is 18.2 Å². The summed E-state index contributed by atoms with van der Waals surface area (Å²) in [5.41, 5.74) is 7.36. The van der Waals surface area contributed by atoms with E-state index in [0.717, 1.165) is 16.1 Å². The summed E-state index contributed by atoms with van der Waals surface area (Å²) in [7, 11) is 0. The van der Waals surface area contributed by atoms with E-state index in [0.29, 0.717) is 0 Å². The van der Waals surface area contributed by atoms with E-state index in [2.05, 4.69) is 5.32 Å². The van der Waals surface area contributed by atoms with Crippen molar-refractivity contribution in [3.63, 3.8) is 0 Å². The number of benzene rings is 1. The van der Waals surface area contributed by atoms with Gasteiger partial charge in [-0.05, 0) is 37.6 Å². The van der Waals surface area contributed by atoms with Crippen molar-refractivity contribution in [3.05, 3.63) is 51.7 Å². The maximum absolute atomic E-state index is 11.6. The van der Waals surface area contributed by atoms with Crippen LogP contribution in [-0.2, 0) is 4.79 Å². The average molecular weight is 260 g/mol. The molecule has 1 aromatic heterocycles. The van der Waals surface area contributed by atoms with Gasteiger partial charge in [-0.15, -0.1) is 11.3 Å². The molecule has 0 radical (unpaired) electrons. The lowest BCUT2D eigenvalue weighted by Gasteiger charge is -2.16. The number of nitrogens with two attached hydrogens (primary N) is 1. The molecule has 0 saturated heterocycles. The van der Waals surface area contributed by atoms with Crippen LogP contribution in [0.1, 0.15) is 21.4 Å². The van der Waals surface area contributed by atoms with Gasteiger partial charge in [-0.3, -0.25) is 4.79 Å². The molecule has 1 heterocycles. The van der Waals surface area contributed by atoms with Crippen molar-refractivity contribution < 1.29 is 4.79 Å². The summed E-state index contributed by atoms with van der Waals surface area (Å²) in [4.78, 5) is 13.9. The summed E-state index contributed by atoms with van der Waals surface area (Å²) in [6, 6.07) is 11.2. The fraction of sp³-hybridized carbons (Fsp3) is 0.214. The third-order valence-electron chi connectivity index (χ3n) is 2.76. The minimum Gasteiger partial charge on any atom is -0.370 e. The normalized spacial score (nSPS) is 12.1. The molecule has 1 atom stereocenters. The first-order chi connectivity index (χ1) is 8.58. The molecule has 2 aromatic rings. The number of carbonyl (C=O) groups is 1. The predicted molar refractivity (Wildman–Crippen MR) is 75.8 cm³/mol. The molecule has 0 saturated carbocycles. The molecule has 1 amide bonds. The van der Waals surface area contributed by atoms with Gasteiger partial charge in [0.1, 0.15) is 6.04 Å². The lowest BCUT2D eigenvalue weighted by Crippen LogP contribution is -2.27. The topological polar surface area (TPSA) is 55.1 Å². The molecule has 0 fully saturated rings. The summed E-state index contributed by atoms with van der Waals surface area (Å²) in [5, 5.41) is 3.18. The number of nitrogens with one attached hydrogen (secondary N) is 1. The molecule has 3 nitrogen and oxygen atoms in total. The van der Waals surface area contributed by atoms with Crippen molar-refractivity contribution in [1.82, 2.24) is 0 Å². The Labute approximate surface area is 111 Å². The first-order valence-electron chi connectivity index (χ1n) is 5.76. The van der Waals surface area contributed by atoms with E-state index in [1.807, 2.05) is 50.2 Å². The third-order valence-corrected chi connectivity index (χ3v) is 3.74. The second kappa shape index (κ2) is 5.23. The number of hydrogen-bond donors (Lipinski definition) is 2. The van der Waals surface area contributed by atoms with Crippen molar-refractivity contribution in [1.29, 1.82) is 0 Å². The van der Waals surface area contributed by atoms with Crippen LogP contribution in [0.25, 0.3) is 0 Å². The second-order valence-electron chi connectivity index (χ2n) is 4.21. The zero-order chi connectivity index (χ0) is 13.1. The van der Waals surface area contributed by atoms with Crippen LogP contribution in [0.4, 0.5) is 5.69 Å². The minimum absolute atomic E-state index is 0.361. The number of rotatable bonds is 4. The molecule has 0 spiro atoms. The number of aryl methyl sites for hydroxylation is 2. The molecule has 2 rings (SSSR count). The number of carbonyl (C=O) groups excluding carboxylic acids is 1. The second-order valence-corrected chi connectivity index (χ2v) is 5.67. The van der Waals surface area contributed by atoms with Crippen LogP contribution < -0.4 is 11.1 Å². The predicted octanol–water partition coefficient (Wildman–Crippen LogP) is 3.00. The van der Waals surface area contributed by atoms with Crippen molar-refractivity contribution in [2.45, 2.75) is 19.9 Å². The van der Waals surface area contributed by atoms with E-state index in [1.54, 1.807) is 11.3 Å². The van der Waals surface area contributed by atoms with Gasteiger partial charge in [0.25, 0.3) is 0 Å². The van der Waals surface area contributed by atoms with Crippen molar-refractivity contribution in [2.75, 3.05) is 5.32 Å². The van der Waals surface area contributed by atoms with Gasteiger partial charge < -0.3 is 11.1 Å². The highest BCUT2D eigenvalue weighted by molar-refractivity contribution is 7.12. The molecule has 18 heavy (non-hydrogen) atoms. The van der Waals surface area contributed by atoms with Crippen molar-refractivity contribution in [3.8, 4) is 0 Å². The number of para-hydroxylation sites is 1. The van der Waals surface area contributed by atoms with Crippen LogP contribution in [-0.4, -0.2) is 5.91 Å². The summed E-state index contributed by atoms with van der Waals surface area (Å²) in [6.45, 7) is 4.04. The highest BCUT2D eigenvalue weighted by Gasteiger charge is 2.21. The third kappa shape index (κ3) is 2.71. The van der Waals surface area contributed by atoms with Gasteiger partial charge in [-0.2, -0.15) is 0 Å². The lowest BCUT2D eigenvalue weighted by molar-refractivity contribution is -0.118. The van der Waals surface area contributed by atoms with Crippen LogP contribution in [0.2, 0.25) is 0 Å². The van der Waals surface area contributed by atoms with E-state index in [4.69, 9.17) is 5.73 Å². The Morgan fingerprint density at radius 2 is 1.94 bits per heavy atom. The van der Waals surface area contributed by atoms with E-state index in [9.17, 15) is 4.79 Å². The molecule has 1 unspecified atom stereocenters. The van der Waals surface area contributed by atoms with Crippen LogP contribution >= 0.6 is 11.3 Å². The van der Waals surface area contributed by atoms with Gasteiger partial charge >= 0.3 is 0 Å². The van der Waals surface area contributed by atoms with Gasteiger partial charge in [0.2, 0.25) is 5.91 Å². The van der Waals surface area contributed by atoms with Crippen LogP contribution in [0.5, 0.6) is 0 Å². The molecule has 1 aromatic carbocycles. The fourth-order valence-electron chi connectivity index (χ4n) is 1.94. The Kier molecular flexibility index (Phi) is 3.67. The largest absolute Gasteiger partial charge is 0.370 e. The molecule has 0 aliphatic carbocycles. The SMILES string of the molecule is Cc1cc(C(Nc2ccccc2)C(N)=O)c(C)s1. The highest BCUT2D eigenvalue weighted by atomic mass is 32.1. The smallest absolute Gasteiger partial charge is 0.244 e. The number of thiophene rings is 1. The molecular weight excluding hydrogens is 244 g/mol. The van der Waals surface area contributed by atoms with E-state index in [-0.39, 0.29) is 5.91 Å². The summed E-state index contributed by atoms with van der Waals surface area (Å²) >= 11 is 1.68. The molecule has 0 aliphatic heterocycles. The molecule has 94 valence electrons. The van der Waals surface area contributed by atoms with E-state index in [1.165, 1.54) is 4.88 Å². The summed E-state index contributed by atoms with van der Waals surface area (Å²) in [6.07, 6.45) is 0. The summed E-state index contributed by atoms with van der Waals surface area (Å²) in [5.74, 6) is -0.361. The standard InChI is InChI=1S/C14H16N2OS/c1-9-8-12(10(2)18-9)13(14(15)17)16-11-6-4-3-5-7-11/h3-8,13,16H,1-2H3,(H2,15,17). The molecule has 4 heteroatoms. The first-order valence-corrected chi connectivity index (χ1v) is 6.57. The number of primary amides is 1. The van der Waals surface area contributed by atoms with Crippen LogP contribution in [0, 0.1) is 13.8 Å². The summed E-state index contributed by atoms with van der Waals surface area (Å²) < 4.78 is 0. The highest BCUT2D eigenvalue weighted by Crippen LogP contribution is 2.28. The zero-order valence-electron chi connectivity index (χ0n) is 10.4. The Hall–Kier alpha value is -1.81.